The molecule has 1 aliphatic rings. The van der Waals surface area contributed by atoms with Crippen molar-refractivity contribution >= 4 is 17.3 Å². The zero-order chi connectivity index (χ0) is 14.1. The average Bonchev–Trinajstić information content (AvgIpc) is 2.82. The molecule has 0 saturated carbocycles. The summed E-state index contributed by atoms with van der Waals surface area (Å²) in [4.78, 5) is 12.1. The summed E-state index contributed by atoms with van der Waals surface area (Å²) in [6.07, 6.45) is 0.200. The highest BCUT2D eigenvalue weighted by Crippen LogP contribution is 2.26. The predicted molar refractivity (Wildman–Crippen MR) is 77.9 cm³/mol. The second-order valence-corrected chi connectivity index (χ2v) is 4.78. The quantitative estimate of drug-likeness (QED) is 0.908. The van der Waals surface area contributed by atoms with Crippen LogP contribution in [0.4, 0.5) is 5.69 Å². The van der Waals surface area contributed by atoms with E-state index < -0.39 is 0 Å². The molecule has 20 heavy (non-hydrogen) atoms. The first-order valence-corrected chi connectivity index (χ1v) is 6.40. The van der Waals surface area contributed by atoms with Gasteiger partial charge in [-0.25, -0.2) is 5.01 Å². The lowest BCUT2D eigenvalue weighted by molar-refractivity contribution is -0.116. The average molecular weight is 266 g/mol. The highest BCUT2D eigenvalue weighted by molar-refractivity contribution is 6.20. The molecule has 0 bridgehead atoms. The predicted octanol–water partition coefficient (Wildman–Crippen LogP) is 2.84. The molecule has 0 saturated heterocycles. The van der Waals surface area contributed by atoms with Crippen LogP contribution in [0, 0.1) is 6.92 Å². The van der Waals surface area contributed by atoms with Gasteiger partial charge in [0.25, 0.3) is 5.91 Å². The van der Waals surface area contributed by atoms with Crippen LogP contribution in [-0.4, -0.2) is 16.7 Å². The molecular formula is C16H14N2O2. The van der Waals surface area contributed by atoms with E-state index >= 15 is 0 Å². The molecule has 0 unspecified atom stereocenters. The Morgan fingerprint density at radius 3 is 2.50 bits per heavy atom. The summed E-state index contributed by atoms with van der Waals surface area (Å²) in [5, 5.41) is 15.6. The third kappa shape index (κ3) is 2.16. The summed E-state index contributed by atoms with van der Waals surface area (Å²) in [6.45, 7) is 1.99. The molecule has 3 rings (SSSR count). The number of anilines is 1. The van der Waals surface area contributed by atoms with Crippen LogP contribution in [0.1, 0.15) is 17.5 Å². The first-order chi connectivity index (χ1) is 9.65. The van der Waals surface area contributed by atoms with Gasteiger partial charge in [0.05, 0.1) is 17.8 Å². The van der Waals surface area contributed by atoms with Gasteiger partial charge in [-0.2, -0.15) is 5.10 Å². The van der Waals surface area contributed by atoms with Gasteiger partial charge in [-0.1, -0.05) is 29.8 Å². The minimum atomic E-state index is -0.0906. The van der Waals surface area contributed by atoms with E-state index in [0.29, 0.717) is 11.3 Å². The molecule has 1 amide bonds. The molecule has 4 nitrogen and oxygen atoms in total. The van der Waals surface area contributed by atoms with E-state index in [1.54, 1.807) is 18.2 Å². The van der Waals surface area contributed by atoms with Crippen LogP contribution in [-0.2, 0) is 4.79 Å². The Labute approximate surface area is 117 Å². The topological polar surface area (TPSA) is 52.9 Å². The SMILES string of the molecule is Cc1ccc(N2N=C(c3ccccc3O)CC2=O)cc1. The van der Waals surface area contributed by atoms with E-state index in [0.717, 1.165) is 11.3 Å². The van der Waals surface area contributed by atoms with Crippen LogP contribution >= 0.6 is 0 Å². The van der Waals surface area contributed by atoms with Crippen molar-refractivity contribution in [2.24, 2.45) is 5.10 Å². The van der Waals surface area contributed by atoms with E-state index in [2.05, 4.69) is 5.10 Å². The molecule has 4 heteroatoms. The number of carbonyl (C=O) groups excluding carboxylic acids is 1. The van der Waals surface area contributed by atoms with Crippen LogP contribution in [0.5, 0.6) is 5.75 Å². The molecule has 0 spiro atoms. The van der Waals surface area contributed by atoms with Crippen LogP contribution in [0.25, 0.3) is 0 Å². The van der Waals surface area contributed by atoms with Crippen molar-refractivity contribution in [3.8, 4) is 5.75 Å². The lowest BCUT2D eigenvalue weighted by Crippen LogP contribution is -2.19. The second-order valence-electron chi connectivity index (χ2n) is 4.78. The number of nitrogens with zero attached hydrogens (tertiary/aromatic N) is 2. The van der Waals surface area contributed by atoms with E-state index in [4.69, 9.17) is 0 Å². The van der Waals surface area contributed by atoms with Crippen molar-refractivity contribution in [3.05, 3.63) is 59.7 Å². The number of aryl methyl sites for hydroxylation is 1. The number of hydrazone groups is 1. The second kappa shape index (κ2) is 4.81. The number of amides is 1. The van der Waals surface area contributed by atoms with Gasteiger partial charge in [-0.3, -0.25) is 4.79 Å². The van der Waals surface area contributed by atoms with Crippen molar-refractivity contribution in [2.45, 2.75) is 13.3 Å². The zero-order valence-electron chi connectivity index (χ0n) is 11.1. The van der Waals surface area contributed by atoms with Crippen LogP contribution in [0.15, 0.2) is 53.6 Å². The molecule has 0 fully saturated rings. The van der Waals surface area contributed by atoms with Gasteiger partial charge in [0, 0.05) is 5.56 Å². The fourth-order valence-corrected chi connectivity index (χ4v) is 2.18. The summed E-state index contributed by atoms with van der Waals surface area (Å²) in [5.74, 6) is 0.0527. The number of benzene rings is 2. The summed E-state index contributed by atoms with van der Waals surface area (Å²) in [7, 11) is 0. The minimum Gasteiger partial charge on any atom is -0.507 e. The van der Waals surface area contributed by atoms with Crippen molar-refractivity contribution in [3.63, 3.8) is 0 Å². The fourth-order valence-electron chi connectivity index (χ4n) is 2.18. The third-order valence-electron chi connectivity index (χ3n) is 3.27. The molecular weight excluding hydrogens is 252 g/mol. The molecule has 0 atom stereocenters. The largest absolute Gasteiger partial charge is 0.507 e. The maximum atomic E-state index is 12.1. The monoisotopic (exact) mass is 266 g/mol. The Morgan fingerprint density at radius 1 is 1.10 bits per heavy atom. The van der Waals surface area contributed by atoms with Crippen LogP contribution in [0.2, 0.25) is 0 Å². The Bertz CT molecular complexity index is 690. The molecule has 1 heterocycles. The Balaban J connectivity index is 1.97. The van der Waals surface area contributed by atoms with Gasteiger partial charge in [-0.05, 0) is 31.2 Å². The smallest absolute Gasteiger partial charge is 0.253 e. The number of aromatic hydroxyl groups is 1. The fraction of sp³-hybridized carbons (Fsp3) is 0.125. The maximum Gasteiger partial charge on any atom is 0.253 e. The van der Waals surface area contributed by atoms with Crippen molar-refractivity contribution in [1.29, 1.82) is 0 Å². The molecule has 0 radical (unpaired) electrons. The standard InChI is InChI=1S/C16H14N2O2/c1-11-6-8-12(9-7-11)18-16(20)10-14(17-18)13-4-2-3-5-15(13)19/h2-9,19H,10H2,1H3. The molecule has 1 aliphatic heterocycles. The summed E-state index contributed by atoms with van der Waals surface area (Å²) in [6, 6.07) is 14.5. The number of phenols is 1. The van der Waals surface area contributed by atoms with E-state index in [1.165, 1.54) is 5.01 Å². The molecule has 1 N–H and O–H groups in total. The van der Waals surface area contributed by atoms with E-state index in [9.17, 15) is 9.90 Å². The third-order valence-corrected chi connectivity index (χ3v) is 3.27. The van der Waals surface area contributed by atoms with Gasteiger partial charge in [0.2, 0.25) is 0 Å². The molecule has 2 aromatic rings. The Morgan fingerprint density at radius 2 is 1.80 bits per heavy atom. The molecule has 0 aliphatic carbocycles. The first-order valence-electron chi connectivity index (χ1n) is 6.40. The summed E-state index contributed by atoms with van der Waals surface area (Å²) in [5.41, 5.74) is 3.07. The maximum absolute atomic E-state index is 12.1. The Kier molecular flexibility index (Phi) is 2.99. The van der Waals surface area contributed by atoms with Gasteiger partial charge in [0.15, 0.2) is 0 Å². The van der Waals surface area contributed by atoms with Crippen molar-refractivity contribution in [2.75, 3.05) is 5.01 Å². The van der Waals surface area contributed by atoms with E-state index in [-0.39, 0.29) is 18.1 Å². The van der Waals surface area contributed by atoms with Gasteiger partial charge in [0.1, 0.15) is 5.75 Å². The number of hydrogen-bond donors (Lipinski definition) is 1. The minimum absolute atomic E-state index is 0.0906. The summed E-state index contributed by atoms with van der Waals surface area (Å²) >= 11 is 0. The number of rotatable bonds is 2. The number of para-hydroxylation sites is 1. The number of hydrogen-bond acceptors (Lipinski definition) is 3. The highest BCUT2D eigenvalue weighted by atomic mass is 16.3. The molecule has 100 valence electrons. The van der Waals surface area contributed by atoms with Gasteiger partial charge < -0.3 is 5.11 Å². The first kappa shape index (κ1) is 12.4. The summed E-state index contributed by atoms with van der Waals surface area (Å²) < 4.78 is 0. The number of carbonyl (C=O) groups is 1. The lowest BCUT2D eigenvalue weighted by Gasteiger charge is -2.11. The highest BCUT2D eigenvalue weighted by Gasteiger charge is 2.27. The van der Waals surface area contributed by atoms with Gasteiger partial charge in [-0.15, -0.1) is 0 Å². The zero-order valence-corrected chi connectivity index (χ0v) is 11.1. The number of phenolic OH excluding ortho intramolecular Hbond substituents is 1. The van der Waals surface area contributed by atoms with Crippen molar-refractivity contribution < 1.29 is 9.90 Å². The van der Waals surface area contributed by atoms with Crippen LogP contribution in [0.3, 0.4) is 0 Å². The normalized spacial score (nSPS) is 14.6. The van der Waals surface area contributed by atoms with Crippen LogP contribution < -0.4 is 5.01 Å². The molecule has 0 aromatic heterocycles. The molecule has 2 aromatic carbocycles. The van der Waals surface area contributed by atoms with Gasteiger partial charge >= 0.3 is 0 Å². The van der Waals surface area contributed by atoms with E-state index in [1.807, 2.05) is 37.3 Å². The lowest BCUT2D eigenvalue weighted by atomic mass is 10.1. The Hall–Kier alpha value is -2.62. The van der Waals surface area contributed by atoms with Crippen molar-refractivity contribution in [1.82, 2.24) is 0 Å².